The Morgan fingerprint density at radius 1 is 1.57 bits per heavy atom. The Bertz CT molecular complexity index is 333. The summed E-state index contributed by atoms with van der Waals surface area (Å²) < 4.78 is 25.0. The number of aromatic nitrogens is 1. The second kappa shape index (κ2) is 4.65. The van der Waals surface area contributed by atoms with E-state index in [1.54, 1.807) is 0 Å². The third-order valence-corrected chi connectivity index (χ3v) is 2.35. The average molecular weight is 267 g/mol. The van der Waals surface area contributed by atoms with Crippen LogP contribution in [0.5, 0.6) is 0 Å². The molecule has 0 aliphatic rings. The minimum atomic E-state index is -2.65. The van der Waals surface area contributed by atoms with Gasteiger partial charge in [0.2, 0.25) is 0 Å². The molecule has 6 heteroatoms. The standard InChI is InChI=1S/C8H9BrF2N2O/c9-2-4-1-5(7(10)11)6(3-14)8(12)13-4/h1,7,14H,2-3H2,(H2,12,13). The second-order valence-electron chi connectivity index (χ2n) is 2.66. The second-order valence-corrected chi connectivity index (χ2v) is 3.22. The maximum absolute atomic E-state index is 12.5. The molecule has 0 amide bonds. The number of anilines is 1. The first-order chi connectivity index (χ1) is 6.60. The molecule has 3 N–H and O–H groups in total. The first kappa shape index (κ1) is 11.3. The van der Waals surface area contributed by atoms with E-state index in [2.05, 4.69) is 20.9 Å². The third kappa shape index (κ3) is 2.19. The summed E-state index contributed by atoms with van der Waals surface area (Å²) in [6, 6.07) is 1.24. The maximum Gasteiger partial charge on any atom is 0.264 e. The highest BCUT2D eigenvalue weighted by Gasteiger charge is 2.16. The molecule has 0 aromatic carbocycles. The number of pyridine rings is 1. The summed E-state index contributed by atoms with van der Waals surface area (Å²) in [6.07, 6.45) is -2.65. The highest BCUT2D eigenvalue weighted by molar-refractivity contribution is 9.08. The van der Waals surface area contributed by atoms with Crippen molar-refractivity contribution in [3.05, 3.63) is 22.9 Å². The molecular formula is C8H9BrF2N2O. The lowest BCUT2D eigenvalue weighted by atomic mass is 10.1. The number of aliphatic hydroxyl groups is 1. The van der Waals surface area contributed by atoms with Crippen molar-refractivity contribution in [2.24, 2.45) is 0 Å². The van der Waals surface area contributed by atoms with Crippen molar-refractivity contribution in [3.63, 3.8) is 0 Å². The highest BCUT2D eigenvalue weighted by Crippen LogP contribution is 2.27. The van der Waals surface area contributed by atoms with Crippen LogP contribution in [-0.2, 0) is 11.9 Å². The number of hydrogen-bond donors (Lipinski definition) is 2. The van der Waals surface area contributed by atoms with Crippen LogP contribution in [0.4, 0.5) is 14.6 Å². The Morgan fingerprint density at radius 3 is 2.64 bits per heavy atom. The van der Waals surface area contributed by atoms with E-state index >= 15 is 0 Å². The Hall–Kier alpha value is -0.750. The number of alkyl halides is 3. The van der Waals surface area contributed by atoms with Crippen LogP contribution in [0, 0.1) is 0 Å². The zero-order valence-electron chi connectivity index (χ0n) is 7.17. The summed E-state index contributed by atoms with van der Waals surface area (Å²) in [4.78, 5) is 3.84. The summed E-state index contributed by atoms with van der Waals surface area (Å²) in [7, 11) is 0. The normalized spacial score (nSPS) is 10.9. The first-order valence-corrected chi connectivity index (χ1v) is 4.95. The highest BCUT2D eigenvalue weighted by atomic mass is 79.9. The van der Waals surface area contributed by atoms with E-state index in [1.807, 2.05) is 0 Å². The first-order valence-electron chi connectivity index (χ1n) is 3.83. The van der Waals surface area contributed by atoms with Crippen molar-refractivity contribution in [1.29, 1.82) is 0 Å². The van der Waals surface area contributed by atoms with Crippen molar-refractivity contribution in [2.75, 3.05) is 5.73 Å². The fourth-order valence-corrected chi connectivity index (χ4v) is 1.39. The molecule has 78 valence electrons. The molecule has 0 bridgehead atoms. The van der Waals surface area contributed by atoms with Gasteiger partial charge in [-0.2, -0.15) is 0 Å². The molecule has 3 nitrogen and oxygen atoms in total. The SMILES string of the molecule is Nc1nc(CBr)cc(C(F)F)c1CO. The smallest absolute Gasteiger partial charge is 0.264 e. The lowest BCUT2D eigenvalue weighted by Gasteiger charge is -2.10. The lowest BCUT2D eigenvalue weighted by Crippen LogP contribution is -2.05. The predicted octanol–water partition coefficient (Wildman–Crippen LogP) is 1.99. The van der Waals surface area contributed by atoms with Gasteiger partial charge in [0.15, 0.2) is 0 Å². The van der Waals surface area contributed by atoms with E-state index in [-0.39, 0.29) is 16.9 Å². The number of nitrogens with two attached hydrogens (primary N) is 1. The molecule has 1 aromatic heterocycles. The molecule has 0 atom stereocenters. The lowest BCUT2D eigenvalue weighted by molar-refractivity contribution is 0.147. The molecular weight excluding hydrogens is 258 g/mol. The van der Waals surface area contributed by atoms with E-state index in [0.29, 0.717) is 11.0 Å². The topological polar surface area (TPSA) is 59.1 Å². The van der Waals surface area contributed by atoms with Crippen LogP contribution < -0.4 is 5.73 Å². The maximum atomic E-state index is 12.5. The molecule has 0 aliphatic carbocycles. The van der Waals surface area contributed by atoms with Crippen LogP contribution in [0.15, 0.2) is 6.07 Å². The van der Waals surface area contributed by atoms with Gasteiger partial charge in [-0.1, -0.05) is 15.9 Å². The van der Waals surface area contributed by atoms with E-state index in [4.69, 9.17) is 10.8 Å². The van der Waals surface area contributed by atoms with Crippen molar-refractivity contribution in [1.82, 2.24) is 4.98 Å². The van der Waals surface area contributed by atoms with E-state index < -0.39 is 13.0 Å². The minimum absolute atomic E-state index is 0.00435. The number of nitrogen functional groups attached to an aromatic ring is 1. The van der Waals surface area contributed by atoms with Gasteiger partial charge in [-0.05, 0) is 6.07 Å². The van der Waals surface area contributed by atoms with Crippen molar-refractivity contribution in [3.8, 4) is 0 Å². The van der Waals surface area contributed by atoms with Gasteiger partial charge in [-0.3, -0.25) is 0 Å². The fourth-order valence-electron chi connectivity index (χ4n) is 1.10. The van der Waals surface area contributed by atoms with Crippen LogP contribution >= 0.6 is 15.9 Å². The molecule has 0 saturated heterocycles. The molecule has 0 spiro atoms. The number of aliphatic hydroxyl groups excluding tert-OH is 1. The van der Waals surface area contributed by atoms with Gasteiger partial charge >= 0.3 is 0 Å². The van der Waals surface area contributed by atoms with Gasteiger partial charge in [0.05, 0.1) is 12.3 Å². The Labute approximate surface area is 88.1 Å². The molecule has 1 rings (SSSR count). The number of nitrogens with zero attached hydrogens (tertiary/aromatic N) is 1. The summed E-state index contributed by atoms with van der Waals surface area (Å²) in [6.45, 7) is -0.527. The van der Waals surface area contributed by atoms with E-state index in [9.17, 15) is 8.78 Å². The number of halogens is 3. The molecule has 1 heterocycles. The Balaban J connectivity index is 3.28. The van der Waals surface area contributed by atoms with Gasteiger partial charge in [0.1, 0.15) is 5.82 Å². The molecule has 0 unspecified atom stereocenters. The number of hydrogen-bond acceptors (Lipinski definition) is 3. The molecule has 0 aliphatic heterocycles. The van der Waals surface area contributed by atoms with Crippen molar-refractivity contribution in [2.45, 2.75) is 18.4 Å². The van der Waals surface area contributed by atoms with Gasteiger partial charge in [-0.15, -0.1) is 0 Å². The average Bonchev–Trinajstić information content (AvgIpc) is 2.16. The fraction of sp³-hybridized carbons (Fsp3) is 0.375. The Morgan fingerprint density at radius 2 is 2.21 bits per heavy atom. The zero-order valence-corrected chi connectivity index (χ0v) is 8.76. The third-order valence-electron chi connectivity index (χ3n) is 1.77. The van der Waals surface area contributed by atoms with Crippen LogP contribution in [-0.4, -0.2) is 10.1 Å². The van der Waals surface area contributed by atoms with E-state index in [1.165, 1.54) is 6.07 Å². The summed E-state index contributed by atoms with van der Waals surface area (Å²) in [5.41, 5.74) is 5.60. The Kier molecular flexibility index (Phi) is 3.77. The quantitative estimate of drug-likeness (QED) is 0.823. The predicted molar refractivity (Wildman–Crippen MR) is 52.2 cm³/mol. The summed E-state index contributed by atoms with van der Waals surface area (Å²) in [5, 5.41) is 9.20. The van der Waals surface area contributed by atoms with Crippen molar-refractivity contribution < 1.29 is 13.9 Å². The van der Waals surface area contributed by atoms with Crippen molar-refractivity contribution >= 4 is 21.7 Å². The molecule has 0 radical (unpaired) electrons. The van der Waals surface area contributed by atoms with Gasteiger partial charge in [-0.25, -0.2) is 13.8 Å². The summed E-state index contributed by atoms with van der Waals surface area (Å²) >= 11 is 3.10. The molecule has 1 aromatic rings. The van der Waals surface area contributed by atoms with Gasteiger partial charge < -0.3 is 10.8 Å². The molecule has 0 saturated carbocycles. The molecule has 14 heavy (non-hydrogen) atoms. The van der Waals surface area contributed by atoms with Crippen LogP contribution in [0.25, 0.3) is 0 Å². The molecule has 0 fully saturated rings. The van der Waals surface area contributed by atoms with Crippen LogP contribution in [0.1, 0.15) is 23.2 Å². The zero-order chi connectivity index (χ0) is 10.7. The monoisotopic (exact) mass is 266 g/mol. The van der Waals surface area contributed by atoms with E-state index in [0.717, 1.165) is 0 Å². The van der Waals surface area contributed by atoms with Gasteiger partial charge in [0, 0.05) is 16.5 Å². The van der Waals surface area contributed by atoms with Crippen LogP contribution in [0.3, 0.4) is 0 Å². The largest absolute Gasteiger partial charge is 0.392 e. The number of rotatable bonds is 3. The van der Waals surface area contributed by atoms with Crippen LogP contribution in [0.2, 0.25) is 0 Å². The summed E-state index contributed by atoms with van der Waals surface area (Å²) in [5.74, 6) is -0.0419. The van der Waals surface area contributed by atoms with Gasteiger partial charge in [0.25, 0.3) is 6.43 Å². The minimum Gasteiger partial charge on any atom is -0.392 e.